The number of carbonyl (C=O) groups is 1. The summed E-state index contributed by atoms with van der Waals surface area (Å²) in [4.78, 5) is 21.6. The molecule has 13 nitrogen and oxygen atoms in total. The third kappa shape index (κ3) is 7.13. The van der Waals surface area contributed by atoms with Gasteiger partial charge in [-0.15, -0.1) is 0 Å². The third-order valence-electron chi connectivity index (χ3n) is 3.75. The quantitative estimate of drug-likeness (QED) is 0.120. The summed E-state index contributed by atoms with van der Waals surface area (Å²) in [6.07, 6.45) is -6.51. The second kappa shape index (κ2) is 10.6. The average molecular weight is 444 g/mol. The van der Waals surface area contributed by atoms with E-state index in [0.29, 0.717) is 0 Å². The average Bonchev–Trinajstić information content (AvgIpc) is 2.59. The van der Waals surface area contributed by atoms with E-state index < -0.39 is 58.5 Å². The summed E-state index contributed by atoms with van der Waals surface area (Å²) in [5.74, 6) is -0.653. The predicted molar refractivity (Wildman–Crippen MR) is 87.7 cm³/mol. The molecule has 0 aliphatic carbocycles. The molecule has 156 valence electrons. The monoisotopic (exact) mass is 444 g/mol. The molecule has 0 radical (unpaired) electrons. The van der Waals surface area contributed by atoms with Crippen molar-refractivity contribution in [2.24, 2.45) is 0 Å². The van der Waals surface area contributed by atoms with Crippen molar-refractivity contribution in [2.75, 3.05) is 6.61 Å². The van der Waals surface area contributed by atoms with Crippen molar-refractivity contribution < 1.29 is 76.1 Å². The van der Waals surface area contributed by atoms with E-state index in [4.69, 9.17) is 9.47 Å². The van der Waals surface area contributed by atoms with E-state index in [0.717, 1.165) is 19.1 Å². The Morgan fingerprint density at radius 2 is 1.93 bits per heavy atom. The Morgan fingerprint density at radius 3 is 2.38 bits per heavy atom. The van der Waals surface area contributed by atoms with Crippen molar-refractivity contribution in [2.45, 2.75) is 37.6 Å². The van der Waals surface area contributed by atoms with Crippen molar-refractivity contribution in [3.8, 4) is 5.75 Å². The van der Waals surface area contributed by atoms with Crippen LogP contribution in [0, 0.1) is 10.1 Å². The smallest absolute Gasteiger partial charge is 0.726 e. The molecule has 0 spiro atoms. The first-order valence-corrected chi connectivity index (χ1v) is 9.12. The number of nitro benzene ring substituents is 1. The Kier molecular flexibility index (Phi) is 9.39. The van der Waals surface area contributed by atoms with Gasteiger partial charge < -0.3 is 29.6 Å². The van der Waals surface area contributed by atoms with E-state index in [1.54, 1.807) is 0 Å². The number of rotatable bonds is 7. The van der Waals surface area contributed by atoms with E-state index in [1.807, 2.05) is 0 Å². The maximum absolute atomic E-state index is 11.5. The van der Waals surface area contributed by atoms with Crippen LogP contribution in [0.5, 0.6) is 5.75 Å². The summed E-state index contributed by atoms with van der Waals surface area (Å²) in [5.41, 5.74) is -0.224. The molecule has 0 bridgehead atoms. The third-order valence-corrected chi connectivity index (χ3v) is 4.21. The Balaban J connectivity index is 0.00000420. The number of carbonyl (C=O) groups excluding carboxylic acids is 1. The van der Waals surface area contributed by atoms with Crippen LogP contribution in [0.4, 0.5) is 5.69 Å². The molecule has 1 aromatic carbocycles. The minimum Gasteiger partial charge on any atom is -0.726 e. The first-order chi connectivity index (χ1) is 13.0. The molecule has 0 saturated carbocycles. The molecule has 29 heavy (non-hydrogen) atoms. The topological polar surface area (TPSA) is 198 Å². The van der Waals surface area contributed by atoms with Crippen LogP contribution in [0.2, 0.25) is 0 Å². The van der Waals surface area contributed by atoms with Crippen molar-refractivity contribution in [1.29, 1.82) is 0 Å². The Labute approximate surface area is 187 Å². The van der Waals surface area contributed by atoms with E-state index in [1.165, 1.54) is 12.1 Å². The summed E-state index contributed by atoms with van der Waals surface area (Å²) in [6, 6.07) is 3.21. The molecule has 3 N–H and O–H groups in total. The molecule has 0 unspecified atom stereocenters. The van der Waals surface area contributed by atoms with Crippen molar-refractivity contribution in [1.82, 2.24) is 5.32 Å². The van der Waals surface area contributed by atoms with Crippen molar-refractivity contribution >= 4 is 22.0 Å². The molecule has 1 aliphatic heterocycles. The second-order valence-corrected chi connectivity index (χ2v) is 6.79. The molecule has 1 amide bonds. The summed E-state index contributed by atoms with van der Waals surface area (Å²) >= 11 is 0. The number of aliphatic hydroxyl groups is 2. The van der Waals surface area contributed by atoms with E-state index in [2.05, 4.69) is 9.50 Å². The minimum atomic E-state index is -5.30. The largest absolute Gasteiger partial charge is 1.00 e. The van der Waals surface area contributed by atoms with Gasteiger partial charge in [0.05, 0.1) is 11.5 Å². The number of nitrogens with one attached hydrogen (secondary N) is 1. The molecule has 1 aromatic rings. The summed E-state index contributed by atoms with van der Waals surface area (Å²) in [6.45, 7) is 0.295. The van der Waals surface area contributed by atoms with Crippen LogP contribution in [0.15, 0.2) is 24.3 Å². The van der Waals surface area contributed by atoms with Gasteiger partial charge in [-0.25, -0.2) is 8.42 Å². The normalized spacial score (nSPS) is 26.8. The zero-order chi connectivity index (χ0) is 21.1. The predicted octanol–water partition coefficient (Wildman–Crippen LogP) is -4.59. The summed E-state index contributed by atoms with van der Waals surface area (Å²) < 4.78 is 48.2. The Morgan fingerprint density at radius 1 is 1.34 bits per heavy atom. The van der Waals surface area contributed by atoms with Crippen molar-refractivity contribution in [3.63, 3.8) is 0 Å². The molecule has 1 aliphatic rings. The molecular formula is C14H17N2NaO11S. The van der Waals surface area contributed by atoms with Gasteiger partial charge in [-0.1, -0.05) is 0 Å². The number of ether oxygens (including phenoxy) is 2. The van der Waals surface area contributed by atoms with Crippen LogP contribution in [0.25, 0.3) is 0 Å². The number of nitrogens with zero attached hydrogens (tertiary/aromatic N) is 1. The number of hydrogen-bond acceptors (Lipinski definition) is 11. The molecule has 1 fully saturated rings. The van der Waals surface area contributed by atoms with Gasteiger partial charge in [0, 0.05) is 19.1 Å². The molecule has 2 rings (SSSR count). The molecule has 1 saturated heterocycles. The van der Waals surface area contributed by atoms with Gasteiger partial charge in [0.25, 0.3) is 5.69 Å². The molecule has 0 aromatic heterocycles. The van der Waals surface area contributed by atoms with Gasteiger partial charge in [-0.2, -0.15) is 0 Å². The van der Waals surface area contributed by atoms with Crippen LogP contribution < -0.4 is 39.6 Å². The summed E-state index contributed by atoms with van der Waals surface area (Å²) in [7, 11) is -5.30. The molecule has 15 heteroatoms. The Hall–Kier alpha value is -1.36. The number of aliphatic hydroxyl groups excluding tert-OH is 2. The zero-order valence-electron chi connectivity index (χ0n) is 15.3. The van der Waals surface area contributed by atoms with E-state index >= 15 is 0 Å². The fourth-order valence-corrected chi connectivity index (χ4v) is 3.09. The molecular weight excluding hydrogens is 427 g/mol. The standard InChI is InChI=1S/C14H18N2O11S.Na/c1-7(18)15-11-13(27-28(22,23)24)12(19)10(6-17)26-14(11)25-9-4-2-8(3-5-9)16(20)21;/h2-5,10-14,17,19H,6H2,1H3,(H,15,18)(H,22,23,24);/q;+1/p-1/t10-,11-,12-,13-,14-;/m1./s1. The number of benzene rings is 1. The SMILES string of the molecule is CC(=O)N[C@H]1[C@H](Oc2ccc([N+](=O)[O-])cc2)O[C@H](CO)[C@@H](O)[C@@H]1OS(=O)(=O)[O-].[Na+]. The first kappa shape index (κ1) is 25.7. The molecule has 1 heterocycles. The molecule has 5 atom stereocenters. The minimum absolute atomic E-state index is 0. The van der Waals surface area contributed by atoms with Gasteiger partial charge in [-0.3, -0.25) is 19.1 Å². The van der Waals surface area contributed by atoms with Gasteiger partial charge in [0.1, 0.15) is 30.1 Å². The van der Waals surface area contributed by atoms with Crippen LogP contribution in [0.3, 0.4) is 0 Å². The van der Waals surface area contributed by atoms with Crippen LogP contribution in [-0.2, 0) is 24.1 Å². The zero-order valence-corrected chi connectivity index (χ0v) is 18.1. The number of nitro groups is 1. The second-order valence-electron chi connectivity index (χ2n) is 5.78. The van der Waals surface area contributed by atoms with Crippen molar-refractivity contribution in [3.05, 3.63) is 34.4 Å². The maximum atomic E-state index is 11.5. The first-order valence-electron chi connectivity index (χ1n) is 7.78. The fraction of sp³-hybridized carbons (Fsp3) is 0.500. The van der Waals surface area contributed by atoms with E-state index in [9.17, 15) is 38.1 Å². The van der Waals surface area contributed by atoms with Crippen LogP contribution in [-0.4, -0.2) is 71.3 Å². The number of hydrogen-bond donors (Lipinski definition) is 3. The maximum Gasteiger partial charge on any atom is 1.00 e. The number of amides is 1. The summed E-state index contributed by atoms with van der Waals surface area (Å²) in [5, 5.41) is 32.5. The van der Waals surface area contributed by atoms with Gasteiger partial charge >= 0.3 is 29.6 Å². The van der Waals surface area contributed by atoms with Crippen LogP contribution in [0.1, 0.15) is 6.92 Å². The van der Waals surface area contributed by atoms with Gasteiger partial charge in [-0.05, 0) is 12.1 Å². The van der Waals surface area contributed by atoms with Crippen LogP contribution >= 0.6 is 0 Å². The Bertz CT molecular complexity index is 819. The number of non-ortho nitro benzene ring substituents is 1. The van der Waals surface area contributed by atoms with E-state index in [-0.39, 0.29) is 41.0 Å². The van der Waals surface area contributed by atoms with Gasteiger partial charge in [0.2, 0.25) is 22.6 Å². The van der Waals surface area contributed by atoms with Gasteiger partial charge in [0.15, 0.2) is 0 Å². The fourth-order valence-electron chi connectivity index (χ4n) is 2.59.